The van der Waals surface area contributed by atoms with Crippen LogP contribution >= 0.6 is 0 Å². The molecular formula is C8H15NO2. The molecule has 1 fully saturated rings. The fourth-order valence-electron chi connectivity index (χ4n) is 1.32. The van der Waals surface area contributed by atoms with Crippen molar-refractivity contribution >= 4 is 5.97 Å². The molecule has 64 valence electrons. The van der Waals surface area contributed by atoms with Crippen LogP contribution in [0.1, 0.15) is 19.8 Å². The van der Waals surface area contributed by atoms with Crippen LogP contribution in [0.15, 0.2) is 0 Å². The van der Waals surface area contributed by atoms with Crippen LogP contribution in [0.25, 0.3) is 0 Å². The molecule has 0 radical (unpaired) electrons. The highest BCUT2D eigenvalue weighted by molar-refractivity contribution is 5.75. The maximum atomic E-state index is 11.0. The van der Waals surface area contributed by atoms with Gasteiger partial charge in [-0.15, -0.1) is 0 Å². The lowest BCUT2D eigenvalue weighted by atomic mass is 10.2. The van der Waals surface area contributed by atoms with E-state index in [1.165, 1.54) is 0 Å². The van der Waals surface area contributed by atoms with Crippen LogP contribution in [0.4, 0.5) is 0 Å². The average molecular weight is 157 g/mol. The quantitative estimate of drug-likeness (QED) is 0.606. The van der Waals surface area contributed by atoms with Crippen molar-refractivity contribution in [2.24, 2.45) is 17.6 Å². The molecular weight excluding hydrogens is 142 g/mol. The second-order valence-electron chi connectivity index (χ2n) is 2.93. The van der Waals surface area contributed by atoms with Crippen molar-refractivity contribution in [2.75, 3.05) is 13.2 Å². The van der Waals surface area contributed by atoms with E-state index >= 15 is 0 Å². The first-order valence-electron chi connectivity index (χ1n) is 4.16. The van der Waals surface area contributed by atoms with Gasteiger partial charge in [0.25, 0.3) is 0 Å². The van der Waals surface area contributed by atoms with E-state index < -0.39 is 0 Å². The second-order valence-corrected chi connectivity index (χ2v) is 2.93. The maximum absolute atomic E-state index is 11.0. The first-order valence-corrected chi connectivity index (χ1v) is 4.16. The highest BCUT2D eigenvalue weighted by Gasteiger charge is 2.43. The maximum Gasteiger partial charge on any atom is 0.309 e. The predicted octanol–water partition coefficient (Wildman–Crippen LogP) is 0.534. The molecule has 0 spiro atoms. The minimum Gasteiger partial charge on any atom is -0.466 e. The van der Waals surface area contributed by atoms with Gasteiger partial charge in [-0.1, -0.05) is 0 Å². The zero-order chi connectivity index (χ0) is 8.27. The Morgan fingerprint density at radius 2 is 2.45 bits per heavy atom. The SMILES string of the molecule is CCOC(=O)C1CC1CCN. The Hall–Kier alpha value is -0.570. The lowest BCUT2D eigenvalue weighted by molar-refractivity contribution is -0.145. The molecule has 0 aromatic carbocycles. The Bertz CT molecular complexity index is 147. The molecule has 0 amide bonds. The lowest BCUT2D eigenvalue weighted by Gasteiger charge is -1.98. The van der Waals surface area contributed by atoms with E-state index in [0.29, 0.717) is 19.1 Å². The van der Waals surface area contributed by atoms with E-state index in [4.69, 9.17) is 10.5 Å². The van der Waals surface area contributed by atoms with Crippen molar-refractivity contribution in [1.29, 1.82) is 0 Å². The van der Waals surface area contributed by atoms with Crippen molar-refractivity contribution in [3.63, 3.8) is 0 Å². The highest BCUT2D eigenvalue weighted by Crippen LogP contribution is 2.41. The van der Waals surface area contributed by atoms with Gasteiger partial charge in [0.1, 0.15) is 0 Å². The third kappa shape index (κ3) is 2.19. The number of carbonyl (C=O) groups excluding carboxylic acids is 1. The summed E-state index contributed by atoms with van der Waals surface area (Å²) in [6.07, 6.45) is 1.94. The molecule has 2 unspecified atom stereocenters. The Morgan fingerprint density at radius 3 is 3.00 bits per heavy atom. The van der Waals surface area contributed by atoms with Gasteiger partial charge in [0.2, 0.25) is 0 Å². The van der Waals surface area contributed by atoms with Crippen molar-refractivity contribution in [1.82, 2.24) is 0 Å². The van der Waals surface area contributed by atoms with E-state index in [1.54, 1.807) is 0 Å². The molecule has 0 saturated heterocycles. The molecule has 1 rings (SSSR count). The van der Waals surface area contributed by atoms with Crippen LogP contribution in [-0.4, -0.2) is 19.1 Å². The van der Waals surface area contributed by atoms with Gasteiger partial charge in [-0.2, -0.15) is 0 Å². The number of carbonyl (C=O) groups is 1. The molecule has 2 N–H and O–H groups in total. The zero-order valence-electron chi connectivity index (χ0n) is 6.88. The third-order valence-corrected chi connectivity index (χ3v) is 2.05. The fourth-order valence-corrected chi connectivity index (χ4v) is 1.32. The molecule has 3 nitrogen and oxygen atoms in total. The molecule has 0 bridgehead atoms. The third-order valence-electron chi connectivity index (χ3n) is 2.05. The summed E-state index contributed by atoms with van der Waals surface area (Å²) in [7, 11) is 0. The van der Waals surface area contributed by atoms with E-state index in [1.807, 2.05) is 6.92 Å². The summed E-state index contributed by atoms with van der Waals surface area (Å²) in [5.74, 6) is 0.642. The van der Waals surface area contributed by atoms with Gasteiger partial charge in [-0.25, -0.2) is 0 Å². The van der Waals surface area contributed by atoms with Gasteiger partial charge in [-0.05, 0) is 32.2 Å². The summed E-state index contributed by atoms with van der Waals surface area (Å²) in [6, 6.07) is 0. The minimum absolute atomic E-state index is 0.0362. The molecule has 0 heterocycles. The topological polar surface area (TPSA) is 52.3 Å². The smallest absolute Gasteiger partial charge is 0.309 e. The van der Waals surface area contributed by atoms with E-state index in [0.717, 1.165) is 12.8 Å². The first-order chi connectivity index (χ1) is 5.29. The number of hydrogen-bond donors (Lipinski definition) is 1. The largest absolute Gasteiger partial charge is 0.466 e. The van der Waals surface area contributed by atoms with E-state index in [9.17, 15) is 4.79 Å². The Labute approximate surface area is 66.9 Å². The standard InChI is InChI=1S/C8H15NO2/c1-2-11-8(10)7-5-6(7)3-4-9/h6-7H,2-5,9H2,1H3. The second kappa shape index (κ2) is 3.72. The summed E-state index contributed by atoms with van der Waals surface area (Å²) in [5, 5.41) is 0. The molecule has 1 aliphatic carbocycles. The van der Waals surface area contributed by atoms with Gasteiger partial charge in [0, 0.05) is 0 Å². The molecule has 1 aliphatic rings. The van der Waals surface area contributed by atoms with E-state index in [-0.39, 0.29) is 11.9 Å². The van der Waals surface area contributed by atoms with E-state index in [2.05, 4.69) is 0 Å². The van der Waals surface area contributed by atoms with Gasteiger partial charge in [0.05, 0.1) is 12.5 Å². The van der Waals surface area contributed by atoms with Crippen LogP contribution in [0, 0.1) is 11.8 Å². The molecule has 0 aliphatic heterocycles. The molecule has 0 aromatic heterocycles. The molecule has 0 aromatic rings. The lowest BCUT2D eigenvalue weighted by Crippen LogP contribution is -2.09. The summed E-state index contributed by atoms with van der Waals surface area (Å²) < 4.78 is 4.86. The van der Waals surface area contributed by atoms with Crippen LogP contribution in [0.2, 0.25) is 0 Å². The number of rotatable bonds is 4. The predicted molar refractivity (Wildman–Crippen MR) is 41.9 cm³/mol. The van der Waals surface area contributed by atoms with Gasteiger partial charge in [0.15, 0.2) is 0 Å². The Balaban J connectivity index is 2.15. The van der Waals surface area contributed by atoms with Crippen molar-refractivity contribution in [3.05, 3.63) is 0 Å². The molecule has 2 atom stereocenters. The molecule has 3 heteroatoms. The van der Waals surface area contributed by atoms with Crippen molar-refractivity contribution in [3.8, 4) is 0 Å². The van der Waals surface area contributed by atoms with Crippen LogP contribution in [0.5, 0.6) is 0 Å². The Morgan fingerprint density at radius 1 is 1.73 bits per heavy atom. The first kappa shape index (κ1) is 8.53. The summed E-state index contributed by atoms with van der Waals surface area (Å²) >= 11 is 0. The summed E-state index contributed by atoms with van der Waals surface area (Å²) in [5.41, 5.74) is 5.35. The van der Waals surface area contributed by atoms with Gasteiger partial charge >= 0.3 is 5.97 Å². The fraction of sp³-hybridized carbons (Fsp3) is 0.875. The van der Waals surface area contributed by atoms with Gasteiger partial charge < -0.3 is 10.5 Å². The average Bonchev–Trinajstić information content (AvgIpc) is 2.69. The van der Waals surface area contributed by atoms with Gasteiger partial charge in [-0.3, -0.25) is 4.79 Å². The van der Waals surface area contributed by atoms with Crippen molar-refractivity contribution in [2.45, 2.75) is 19.8 Å². The van der Waals surface area contributed by atoms with Crippen molar-refractivity contribution < 1.29 is 9.53 Å². The normalized spacial score (nSPS) is 28.2. The number of ether oxygens (including phenoxy) is 1. The molecule has 1 saturated carbocycles. The minimum atomic E-state index is -0.0362. The summed E-state index contributed by atoms with van der Waals surface area (Å²) in [4.78, 5) is 11.0. The summed E-state index contributed by atoms with van der Waals surface area (Å²) in [6.45, 7) is 3.00. The number of nitrogens with two attached hydrogens (primary N) is 1. The highest BCUT2D eigenvalue weighted by atomic mass is 16.5. The Kier molecular flexibility index (Phi) is 2.88. The van der Waals surface area contributed by atoms with Crippen LogP contribution in [0.3, 0.4) is 0 Å². The number of esters is 1. The number of hydrogen-bond acceptors (Lipinski definition) is 3. The van der Waals surface area contributed by atoms with Crippen LogP contribution in [-0.2, 0) is 9.53 Å². The van der Waals surface area contributed by atoms with Crippen LogP contribution < -0.4 is 5.73 Å². The monoisotopic (exact) mass is 157 g/mol. The zero-order valence-corrected chi connectivity index (χ0v) is 6.88. The molecule has 11 heavy (non-hydrogen) atoms.